The van der Waals surface area contributed by atoms with Crippen LogP contribution in [-0.4, -0.2) is 68.9 Å². The first kappa shape index (κ1) is 15.2. The van der Waals surface area contributed by atoms with Crippen LogP contribution in [0.3, 0.4) is 0 Å². The molecule has 1 aliphatic carbocycles. The molecule has 19 heavy (non-hydrogen) atoms. The molecule has 5 heteroatoms. The van der Waals surface area contributed by atoms with Gasteiger partial charge in [-0.15, -0.1) is 0 Å². The van der Waals surface area contributed by atoms with Crippen LogP contribution in [0.25, 0.3) is 0 Å². The van der Waals surface area contributed by atoms with Gasteiger partial charge in [0.05, 0.1) is 23.4 Å². The summed E-state index contributed by atoms with van der Waals surface area (Å²) in [5.74, 6) is 0.370. The third kappa shape index (κ3) is 3.11. The molecule has 0 aromatic rings. The lowest BCUT2D eigenvalue weighted by atomic mass is 9.66. The first-order valence-electron chi connectivity index (χ1n) is 7.23. The fourth-order valence-electron chi connectivity index (χ4n) is 3.48. The van der Waals surface area contributed by atoms with Gasteiger partial charge in [-0.05, 0) is 52.2 Å². The van der Waals surface area contributed by atoms with Crippen LogP contribution in [0.5, 0.6) is 0 Å². The van der Waals surface area contributed by atoms with Gasteiger partial charge in [-0.3, -0.25) is 0 Å². The Kier molecular flexibility index (Phi) is 4.23. The molecule has 0 spiro atoms. The van der Waals surface area contributed by atoms with E-state index in [1.807, 2.05) is 0 Å². The molecule has 1 aliphatic heterocycles. The molecule has 2 rings (SSSR count). The Hall–Kier alpha value is -0.200. The molecule has 1 saturated heterocycles. The zero-order valence-corrected chi connectivity index (χ0v) is 11.9. The van der Waals surface area contributed by atoms with Gasteiger partial charge in [0.1, 0.15) is 0 Å². The van der Waals surface area contributed by atoms with E-state index in [4.69, 9.17) is 0 Å². The van der Waals surface area contributed by atoms with Crippen molar-refractivity contribution in [1.82, 2.24) is 4.90 Å². The fraction of sp³-hybridized carbons (Fsp3) is 1.00. The molecule has 0 amide bonds. The largest absolute Gasteiger partial charge is 0.390 e. The van der Waals surface area contributed by atoms with E-state index in [-0.39, 0.29) is 12.8 Å². The molecule has 0 radical (unpaired) electrons. The first-order chi connectivity index (χ1) is 8.73. The van der Waals surface area contributed by atoms with Gasteiger partial charge in [0, 0.05) is 12.8 Å². The highest BCUT2D eigenvalue weighted by Crippen LogP contribution is 2.42. The van der Waals surface area contributed by atoms with E-state index in [1.54, 1.807) is 6.92 Å². The molecule has 0 aromatic carbocycles. The molecule has 112 valence electrons. The average Bonchev–Trinajstić information content (AvgIpc) is 2.29. The van der Waals surface area contributed by atoms with Crippen molar-refractivity contribution in [2.75, 3.05) is 20.1 Å². The van der Waals surface area contributed by atoms with Crippen LogP contribution in [0, 0.1) is 5.92 Å². The van der Waals surface area contributed by atoms with Crippen molar-refractivity contribution < 1.29 is 20.4 Å². The minimum absolute atomic E-state index is 0.0251. The van der Waals surface area contributed by atoms with E-state index >= 15 is 0 Å². The van der Waals surface area contributed by atoms with Crippen molar-refractivity contribution in [3.63, 3.8) is 0 Å². The smallest absolute Gasteiger partial charge is 0.0959 e. The number of aliphatic hydroxyl groups excluding tert-OH is 2. The van der Waals surface area contributed by atoms with Crippen LogP contribution < -0.4 is 0 Å². The standard InChI is InChI=1S/C14H27NO4/c1-13(18)8-11(16)12(17)9-14(13,19)7-10-3-5-15(2)6-4-10/h10-12,16-19H,3-9H2,1-2H3. The van der Waals surface area contributed by atoms with Gasteiger partial charge in [-0.25, -0.2) is 0 Å². The monoisotopic (exact) mass is 273 g/mol. The third-order valence-electron chi connectivity index (χ3n) is 5.06. The second-order valence-corrected chi connectivity index (χ2v) is 6.80. The number of likely N-dealkylation sites (tertiary alicyclic amines) is 1. The van der Waals surface area contributed by atoms with Gasteiger partial charge in [0.2, 0.25) is 0 Å². The van der Waals surface area contributed by atoms with E-state index in [2.05, 4.69) is 11.9 Å². The normalized spacial score (nSPS) is 46.4. The molecule has 2 fully saturated rings. The number of hydrogen-bond donors (Lipinski definition) is 4. The van der Waals surface area contributed by atoms with Crippen molar-refractivity contribution in [2.45, 2.75) is 62.4 Å². The third-order valence-corrected chi connectivity index (χ3v) is 5.06. The Morgan fingerprint density at radius 2 is 1.58 bits per heavy atom. The lowest BCUT2D eigenvalue weighted by molar-refractivity contribution is -0.221. The van der Waals surface area contributed by atoms with E-state index < -0.39 is 23.4 Å². The molecule has 4 N–H and O–H groups in total. The van der Waals surface area contributed by atoms with Gasteiger partial charge in [0.25, 0.3) is 0 Å². The molecular weight excluding hydrogens is 246 g/mol. The molecule has 2 aliphatic rings. The minimum atomic E-state index is -1.34. The molecular formula is C14H27NO4. The molecule has 0 aromatic heterocycles. The van der Waals surface area contributed by atoms with Gasteiger partial charge in [-0.1, -0.05) is 0 Å². The molecule has 1 saturated carbocycles. The summed E-state index contributed by atoms with van der Waals surface area (Å²) in [5, 5.41) is 40.6. The average molecular weight is 273 g/mol. The van der Waals surface area contributed by atoms with Crippen molar-refractivity contribution in [3.8, 4) is 0 Å². The highest BCUT2D eigenvalue weighted by Gasteiger charge is 2.53. The highest BCUT2D eigenvalue weighted by molar-refractivity contribution is 5.06. The van der Waals surface area contributed by atoms with Crippen LogP contribution >= 0.6 is 0 Å². The summed E-state index contributed by atoms with van der Waals surface area (Å²) in [6.07, 6.45) is 0.688. The molecule has 1 heterocycles. The van der Waals surface area contributed by atoms with Gasteiger partial charge in [-0.2, -0.15) is 0 Å². The lowest BCUT2D eigenvalue weighted by Gasteiger charge is -2.50. The molecule has 5 nitrogen and oxygen atoms in total. The van der Waals surface area contributed by atoms with Gasteiger partial charge in [0.15, 0.2) is 0 Å². The van der Waals surface area contributed by atoms with E-state index in [0.29, 0.717) is 12.3 Å². The summed E-state index contributed by atoms with van der Waals surface area (Å²) in [7, 11) is 2.09. The first-order valence-corrected chi connectivity index (χ1v) is 7.23. The zero-order valence-electron chi connectivity index (χ0n) is 11.9. The summed E-state index contributed by atoms with van der Waals surface area (Å²) in [6.45, 7) is 3.58. The second-order valence-electron chi connectivity index (χ2n) is 6.80. The van der Waals surface area contributed by atoms with Crippen LogP contribution in [0.4, 0.5) is 0 Å². The molecule has 4 atom stereocenters. The number of hydrogen-bond acceptors (Lipinski definition) is 5. The maximum Gasteiger partial charge on any atom is 0.0959 e. The Bertz CT molecular complexity index is 315. The minimum Gasteiger partial charge on any atom is -0.390 e. The Labute approximate surface area is 114 Å². The SMILES string of the molecule is CN1CCC(CC2(O)CC(O)C(O)CC2(C)O)CC1. The summed E-state index contributed by atoms with van der Waals surface area (Å²) in [6, 6.07) is 0. The maximum absolute atomic E-state index is 10.8. The molecule has 4 unspecified atom stereocenters. The second kappa shape index (κ2) is 5.30. The number of piperidine rings is 1. The van der Waals surface area contributed by atoms with Gasteiger partial charge >= 0.3 is 0 Å². The van der Waals surface area contributed by atoms with Crippen LogP contribution in [0.15, 0.2) is 0 Å². The summed E-state index contributed by atoms with van der Waals surface area (Å²) in [5.41, 5.74) is -2.64. The number of aliphatic hydroxyl groups is 4. The predicted molar refractivity (Wildman–Crippen MR) is 71.7 cm³/mol. The Balaban J connectivity index is 2.03. The van der Waals surface area contributed by atoms with E-state index in [1.165, 1.54) is 0 Å². The fourth-order valence-corrected chi connectivity index (χ4v) is 3.48. The Morgan fingerprint density at radius 3 is 2.16 bits per heavy atom. The van der Waals surface area contributed by atoms with Crippen LogP contribution in [0.2, 0.25) is 0 Å². The number of nitrogens with zero attached hydrogens (tertiary/aromatic N) is 1. The number of rotatable bonds is 2. The van der Waals surface area contributed by atoms with Crippen molar-refractivity contribution in [2.24, 2.45) is 5.92 Å². The summed E-state index contributed by atoms with van der Waals surface area (Å²) < 4.78 is 0. The van der Waals surface area contributed by atoms with Crippen molar-refractivity contribution in [1.29, 1.82) is 0 Å². The quantitative estimate of drug-likeness (QED) is 0.556. The summed E-state index contributed by atoms with van der Waals surface area (Å²) >= 11 is 0. The van der Waals surface area contributed by atoms with E-state index in [0.717, 1.165) is 25.9 Å². The van der Waals surface area contributed by atoms with Gasteiger partial charge < -0.3 is 25.3 Å². The highest BCUT2D eigenvalue weighted by atomic mass is 16.4. The van der Waals surface area contributed by atoms with Crippen molar-refractivity contribution in [3.05, 3.63) is 0 Å². The summed E-state index contributed by atoms with van der Waals surface area (Å²) in [4.78, 5) is 2.26. The topological polar surface area (TPSA) is 84.2 Å². The predicted octanol–water partition coefficient (Wildman–Crippen LogP) is -0.284. The molecule has 0 bridgehead atoms. The van der Waals surface area contributed by atoms with E-state index in [9.17, 15) is 20.4 Å². The maximum atomic E-state index is 10.8. The van der Waals surface area contributed by atoms with Crippen molar-refractivity contribution >= 4 is 0 Å². The zero-order chi connectivity index (χ0) is 14.3. The lowest BCUT2D eigenvalue weighted by Crippen LogP contribution is -2.62. The van der Waals surface area contributed by atoms with Crippen LogP contribution in [0.1, 0.15) is 39.0 Å². The van der Waals surface area contributed by atoms with Crippen LogP contribution in [-0.2, 0) is 0 Å². The Morgan fingerprint density at radius 1 is 1.05 bits per heavy atom.